The minimum atomic E-state index is -0.177. The quantitative estimate of drug-likeness (QED) is 0.816. The maximum atomic E-state index is 12.3. The van der Waals surface area contributed by atoms with Gasteiger partial charge >= 0.3 is 0 Å². The second-order valence-corrected chi connectivity index (χ2v) is 7.28. The highest BCUT2D eigenvalue weighted by molar-refractivity contribution is 5.94. The molecule has 3 rings (SSSR count). The summed E-state index contributed by atoms with van der Waals surface area (Å²) in [5.41, 5.74) is 1.87. The van der Waals surface area contributed by atoms with E-state index in [1.54, 1.807) is 7.05 Å². The first kappa shape index (κ1) is 19.6. The van der Waals surface area contributed by atoms with Crippen molar-refractivity contribution >= 4 is 23.2 Å². The SMILES string of the molecule is CN(CC(=O)Nc1ccc(N2CCOCC2)cc1)C(=O)CN1CCCCC1. The molecule has 2 aliphatic rings. The van der Waals surface area contributed by atoms with Crippen molar-refractivity contribution in [2.45, 2.75) is 19.3 Å². The third-order valence-electron chi connectivity index (χ3n) is 5.14. The van der Waals surface area contributed by atoms with Crippen LogP contribution in [0.5, 0.6) is 0 Å². The summed E-state index contributed by atoms with van der Waals surface area (Å²) in [7, 11) is 1.69. The van der Waals surface area contributed by atoms with Crippen LogP contribution in [0, 0.1) is 0 Å². The van der Waals surface area contributed by atoms with E-state index >= 15 is 0 Å². The largest absolute Gasteiger partial charge is 0.378 e. The predicted octanol–water partition coefficient (Wildman–Crippen LogP) is 1.41. The molecule has 148 valence electrons. The lowest BCUT2D eigenvalue weighted by Gasteiger charge is -2.29. The molecule has 7 heteroatoms. The number of nitrogens with zero attached hydrogens (tertiary/aromatic N) is 3. The molecule has 0 bridgehead atoms. The Hall–Kier alpha value is -2.12. The molecule has 2 fully saturated rings. The van der Waals surface area contributed by atoms with Gasteiger partial charge in [0.25, 0.3) is 0 Å². The summed E-state index contributed by atoms with van der Waals surface area (Å²) in [5.74, 6) is -0.182. The molecule has 0 spiro atoms. The lowest BCUT2D eigenvalue weighted by Crippen LogP contribution is -2.43. The zero-order valence-electron chi connectivity index (χ0n) is 16.2. The number of amides is 2. The van der Waals surface area contributed by atoms with Gasteiger partial charge in [-0.05, 0) is 50.2 Å². The van der Waals surface area contributed by atoms with E-state index < -0.39 is 0 Å². The average molecular weight is 374 g/mol. The number of ether oxygens (including phenoxy) is 1. The Morgan fingerprint density at radius 3 is 2.37 bits per heavy atom. The molecule has 0 saturated carbocycles. The van der Waals surface area contributed by atoms with E-state index in [-0.39, 0.29) is 18.4 Å². The summed E-state index contributed by atoms with van der Waals surface area (Å²) in [4.78, 5) is 30.5. The summed E-state index contributed by atoms with van der Waals surface area (Å²) in [6.07, 6.45) is 3.54. The van der Waals surface area contributed by atoms with Crippen LogP contribution >= 0.6 is 0 Å². The van der Waals surface area contributed by atoms with Crippen LogP contribution in [0.15, 0.2) is 24.3 Å². The number of benzene rings is 1. The number of anilines is 2. The third-order valence-corrected chi connectivity index (χ3v) is 5.14. The van der Waals surface area contributed by atoms with Gasteiger partial charge in [-0.1, -0.05) is 6.42 Å². The second kappa shape index (κ2) is 9.71. The Balaban J connectivity index is 1.44. The Bertz CT molecular complexity index is 623. The number of nitrogens with one attached hydrogen (secondary N) is 1. The number of hydrogen-bond acceptors (Lipinski definition) is 5. The Labute approximate surface area is 161 Å². The van der Waals surface area contributed by atoms with Crippen LogP contribution in [0.4, 0.5) is 11.4 Å². The third kappa shape index (κ3) is 5.94. The molecule has 1 aromatic rings. The van der Waals surface area contributed by atoms with Gasteiger partial charge in [-0.25, -0.2) is 0 Å². The summed E-state index contributed by atoms with van der Waals surface area (Å²) in [6.45, 7) is 5.68. The van der Waals surface area contributed by atoms with E-state index in [1.165, 1.54) is 11.3 Å². The molecule has 2 saturated heterocycles. The van der Waals surface area contributed by atoms with Gasteiger partial charge in [-0.3, -0.25) is 14.5 Å². The number of rotatable bonds is 6. The van der Waals surface area contributed by atoms with Gasteiger partial charge in [0.05, 0.1) is 26.3 Å². The summed E-state index contributed by atoms with van der Waals surface area (Å²) < 4.78 is 5.37. The molecule has 0 radical (unpaired) electrons. The topological polar surface area (TPSA) is 65.1 Å². The summed E-state index contributed by atoms with van der Waals surface area (Å²) in [6, 6.07) is 7.81. The zero-order valence-corrected chi connectivity index (χ0v) is 16.2. The molecule has 2 heterocycles. The van der Waals surface area contributed by atoms with E-state index in [2.05, 4.69) is 15.1 Å². The maximum absolute atomic E-state index is 12.3. The molecular weight excluding hydrogens is 344 g/mol. The number of hydrogen-bond donors (Lipinski definition) is 1. The Morgan fingerprint density at radius 2 is 1.70 bits per heavy atom. The number of morpholine rings is 1. The van der Waals surface area contributed by atoms with Gasteiger partial charge < -0.3 is 19.9 Å². The van der Waals surface area contributed by atoms with Crippen molar-refractivity contribution in [1.82, 2.24) is 9.80 Å². The zero-order chi connectivity index (χ0) is 19.1. The van der Waals surface area contributed by atoms with Crippen LogP contribution in [-0.2, 0) is 14.3 Å². The van der Waals surface area contributed by atoms with Crippen LogP contribution < -0.4 is 10.2 Å². The molecule has 1 aromatic carbocycles. The lowest BCUT2D eigenvalue weighted by molar-refractivity contribution is -0.134. The van der Waals surface area contributed by atoms with Gasteiger partial charge in [0.1, 0.15) is 0 Å². The standard InChI is InChI=1S/C20H30N4O3/c1-22(20(26)16-23-9-3-2-4-10-23)15-19(25)21-17-5-7-18(8-6-17)24-11-13-27-14-12-24/h5-8H,2-4,9-16H2,1H3,(H,21,25). The number of piperidine rings is 1. The van der Waals surface area contributed by atoms with E-state index in [0.29, 0.717) is 6.54 Å². The number of carbonyl (C=O) groups excluding carboxylic acids is 2. The van der Waals surface area contributed by atoms with E-state index in [4.69, 9.17) is 4.74 Å². The van der Waals surface area contributed by atoms with Gasteiger partial charge in [0, 0.05) is 31.5 Å². The minimum Gasteiger partial charge on any atom is -0.378 e. The second-order valence-electron chi connectivity index (χ2n) is 7.28. The van der Waals surface area contributed by atoms with Crippen molar-refractivity contribution in [1.29, 1.82) is 0 Å². The Morgan fingerprint density at radius 1 is 1.04 bits per heavy atom. The van der Waals surface area contributed by atoms with E-state index in [9.17, 15) is 9.59 Å². The normalized spacial score (nSPS) is 18.2. The lowest BCUT2D eigenvalue weighted by atomic mass is 10.1. The number of likely N-dealkylation sites (tertiary alicyclic amines) is 1. The van der Waals surface area contributed by atoms with Crippen LogP contribution in [0.25, 0.3) is 0 Å². The Kier molecular flexibility index (Phi) is 7.06. The van der Waals surface area contributed by atoms with Gasteiger partial charge in [-0.15, -0.1) is 0 Å². The van der Waals surface area contributed by atoms with Crippen LogP contribution in [0.1, 0.15) is 19.3 Å². The summed E-state index contributed by atoms with van der Waals surface area (Å²) >= 11 is 0. The minimum absolute atomic E-state index is 0.00489. The molecule has 0 atom stereocenters. The molecule has 0 unspecified atom stereocenters. The van der Waals surface area contributed by atoms with Crippen molar-refractivity contribution in [2.75, 3.05) is 69.7 Å². The molecule has 0 aliphatic carbocycles. The maximum Gasteiger partial charge on any atom is 0.243 e. The van der Waals surface area contributed by atoms with Gasteiger partial charge in [0.15, 0.2) is 0 Å². The first-order valence-electron chi connectivity index (χ1n) is 9.81. The fraction of sp³-hybridized carbons (Fsp3) is 0.600. The molecule has 2 aliphatic heterocycles. The van der Waals surface area contributed by atoms with Gasteiger partial charge in [-0.2, -0.15) is 0 Å². The van der Waals surface area contributed by atoms with Crippen molar-refractivity contribution in [3.05, 3.63) is 24.3 Å². The molecule has 0 aromatic heterocycles. The highest BCUT2D eigenvalue weighted by Gasteiger charge is 2.18. The number of carbonyl (C=O) groups is 2. The van der Waals surface area contributed by atoms with Gasteiger partial charge in [0.2, 0.25) is 11.8 Å². The molecule has 2 amide bonds. The van der Waals surface area contributed by atoms with Crippen LogP contribution in [-0.4, -0.2) is 81.1 Å². The van der Waals surface area contributed by atoms with Crippen LogP contribution in [0.3, 0.4) is 0 Å². The van der Waals surface area contributed by atoms with Crippen LogP contribution in [0.2, 0.25) is 0 Å². The number of likely N-dealkylation sites (N-methyl/N-ethyl adjacent to an activating group) is 1. The highest BCUT2D eigenvalue weighted by Crippen LogP contribution is 2.19. The van der Waals surface area contributed by atoms with Crippen molar-refractivity contribution in [3.8, 4) is 0 Å². The average Bonchev–Trinajstić information content (AvgIpc) is 2.70. The monoisotopic (exact) mass is 374 g/mol. The first-order chi connectivity index (χ1) is 13.1. The fourth-order valence-corrected chi connectivity index (χ4v) is 3.51. The van der Waals surface area contributed by atoms with E-state index in [1.807, 2.05) is 24.3 Å². The molecule has 7 nitrogen and oxygen atoms in total. The first-order valence-corrected chi connectivity index (χ1v) is 9.81. The fourth-order valence-electron chi connectivity index (χ4n) is 3.51. The predicted molar refractivity (Wildman–Crippen MR) is 106 cm³/mol. The van der Waals surface area contributed by atoms with Crippen molar-refractivity contribution in [3.63, 3.8) is 0 Å². The van der Waals surface area contributed by atoms with Crippen molar-refractivity contribution < 1.29 is 14.3 Å². The molecule has 27 heavy (non-hydrogen) atoms. The molecule has 1 N–H and O–H groups in total. The van der Waals surface area contributed by atoms with Crippen molar-refractivity contribution in [2.24, 2.45) is 0 Å². The molecular formula is C20H30N4O3. The highest BCUT2D eigenvalue weighted by atomic mass is 16.5. The smallest absolute Gasteiger partial charge is 0.243 e. The summed E-state index contributed by atoms with van der Waals surface area (Å²) in [5, 5.41) is 2.87. The van der Waals surface area contributed by atoms with E-state index in [0.717, 1.165) is 63.6 Å².